The molecule has 0 bridgehead atoms. The van der Waals surface area contributed by atoms with Crippen molar-refractivity contribution in [2.75, 3.05) is 13.1 Å². The SMILES string of the molecule is CCc1cccc2c([C@@H](CC(=O)N3CCCC3)c3ccc([N+](=O)[O-])cc3)c[nH]c12. The molecule has 1 aromatic heterocycles. The number of amides is 1. The van der Waals surface area contributed by atoms with Crippen LogP contribution in [0.1, 0.15) is 48.8 Å². The van der Waals surface area contributed by atoms with E-state index in [0.29, 0.717) is 6.42 Å². The molecule has 1 fully saturated rings. The number of aromatic nitrogens is 1. The van der Waals surface area contributed by atoms with Crippen molar-refractivity contribution >= 4 is 22.5 Å². The molecule has 0 aliphatic carbocycles. The van der Waals surface area contributed by atoms with E-state index in [4.69, 9.17) is 0 Å². The first kappa shape index (κ1) is 19.2. The molecule has 0 radical (unpaired) electrons. The van der Waals surface area contributed by atoms with E-state index in [1.54, 1.807) is 12.1 Å². The fourth-order valence-corrected chi connectivity index (χ4v) is 4.33. The molecule has 2 heterocycles. The van der Waals surface area contributed by atoms with Gasteiger partial charge < -0.3 is 9.88 Å². The first-order chi connectivity index (χ1) is 14.1. The monoisotopic (exact) mass is 391 g/mol. The number of rotatable bonds is 6. The number of H-pyrrole nitrogens is 1. The molecule has 2 aromatic carbocycles. The Labute approximate surface area is 169 Å². The number of nitrogens with one attached hydrogen (secondary N) is 1. The maximum Gasteiger partial charge on any atom is 0.269 e. The van der Waals surface area contributed by atoms with Crippen LogP contribution in [0, 0.1) is 10.1 Å². The van der Waals surface area contributed by atoms with E-state index in [1.807, 2.05) is 17.2 Å². The molecule has 29 heavy (non-hydrogen) atoms. The number of hydrogen-bond donors (Lipinski definition) is 1. The van der Waals surface area contributed by atoms with Gasteiger partial charge in [0.05, 0.1) is 4.92 Å². The van der Waals surface area contributed by atoms with E-state index < -0.39 is 4.92 Å². The van der Waals surface area contributed by atoms with E-state index in [9.17, 15) is 14.9 Å². The molecule has 4 rings (SSSR count). The molecule has 1 amide bonds. The molecule has 0 unspecified atom stereocenters. The lowest BCUT2D eigenvalue weighted by atomic mass is 9.87. The molecule has 6 nitrogen and oxygen atoms in total. The smallest absolute Gasteiger partial charge is 0.269 e. The predicted octanol–water partition coefficient (Wildman–Crippen LogP) is 4.78. The van der Waals surface area contributed by atoms with Crippen molar-refractivity contribution in [1.82, 2.24) is 9.88 Å². The Kier molecular flexibility index (Phi) is 5.34. The van der Waals surface area contributed by atoms with E-state index in [-0.39, 0.29) is 17.5 Å². The minimum atomic E-state index is -0.395. The Hall–Kier alpha value is -3.15. The minimum absolute atomic E-state index is 0.0607. The van der Waals surface area contributed by atoms with Crippen molar-refractivity contribution in [3.8, 4) is 0 Å². The molecular weight excluding hydrogens is 366 g/mol. The molecule has 6 heteroatoms. The van der Waals surface area contributed by atoms with Crippen molar-refractivity contribution in [3.05, 3.63) is 75.5 Å². The summed E-state index contributed by atoms with van der Waals surface area (Å²) in [6.45, 7) is 3.76. The third-order valence-electron chi connectivity index (χ3n) is 5.93. The molecule has 1 aliphatic rings. The number of likely N-dealkylation sites (tertiary alicyclic amines) is 1. The number of nitro benzene ring substituents is 1. The van der Waals surface area contributed by atoms with Crippen LogP contribution >= 0.6 is 0 Å². The fraction of sp³-hybridized carbons (Fsp3) is 0.348. The zero-order chi connectivity index (χ0) is 20.4. The zero-order valence-corrected chi connectivity index (χ0v) is 16.6. The summed E-state index contributed by atoms with van der Waals surface area (Å²) in [5.41, 5.74) is 4.39. The Morgan fingerprint density at radius 2 is 1.90 bits per heavy atom. The van der Waals surface area contributed by atoms with Crippen molar-refractivity contribution in [2.45, 2.75) is 38.5 Å². The average molecular weight is 391 g/mol. The van der Waals surface area contributed by atoms with Gasteiger partial charge in [-0.2, -0.15) is 0 Å². The molecule has 1 aliphatic heterocycles. The van der Waals surface area contributed by atoms with Crippen LogP contribution in [-0.4, -0.2) is 33.8 Å². The topological polar surface area (TPSA) is 79.2 Å². The maximum atomic E-state index is 13.0. The molecule has 3 aromatic rings. The average Bonchev–Trinajstić information content (AvgIpc) is 3.42. The number of para-hydroxylation sites is 1. The summed E-state index contributed by atoms with van der Waals surface area (Å²) in [4.78, 5) is 29.0. The van der Waals surface area contributed by atoms with Gasteiger partial charge in [-0.15, -0.1) is 0 Å². The molecule has 1 saturated heterocycles. The summed E-state index contributed by atoms with van der Waals surface area (Å²) >= 11 is 0. The lowest BCUT2D eigenvalue weighted by Gasteiger charge is -2.21. The van der Waals surface area contributed by atoms with Crippen molar-refractivity contribution in [3.63, 3.8) is 0 Å². The van der Waals surface area contributed by atoms with E-state index >= 15 is 0 Å². The first-order valence-corrected chi connectivity index (χ1v) is 10.2. The van der Waals surface area contributed by atoms with Gasteiger partial charge >= 0.3 is 0 Å². The molecular formula is C23H25N3O3. The van der Waals surface area contributed by atoms with Crippen LogP contribution in [0.3, 0.4) is 0 Å². The summed E-state index contributed by atoms with van der Waals surface area (Å²) in [5, 5.41) is 12.2. The highest BCUT2D eigenvalue weighted by Gasteiger charge is 2.26. The van der Waals surface area contributed by atoms with Gasteiger partial charge in [0.15, 0.2) is 0 Å². The number of carbonyl (C=O) groups is 1. The lowest BCUT2D eigenvalue weighted by molar-refractivity contribution is -0.384. The van der Waals surface area contributed by atoms with E-state index in [1.165, 1.54) is 17.7 Å². The van der Waals surface area contributed by atoms with Gasteiger partial charge in [-0.1, -0.05) is 37.3 Å². The predicted molar refractivity (Wildman–Crippen MR) is 113 cm³/mol. The largest absolute Gasteiger partial charge is 0.361 e. The number of fused-ring (bicyclic) bond motifs is 1. The van der Waals surface area contributed by atoms with Crippen LogP contribution in [-0.2, 0) is 11.2 Å². The highest BCUT2D eigenvalue weighted by Crippen LogP contribution is 2.36. The summed E-state index contributed by atoms with van der Waals surface area (Å²) in [5.74, 6) is -0.00314. The van der Waals surface area contributed by atoms with Gasteiger partial charge in [0.1, 0.15) is 0 Å². The van der Waals surface area contributed by atoms with Crippen molar-refractivity contribution in [1.29, 1.82) is 0 Å². The highest BCUT2D eigenvalue weighted by molar-refractivity contribution is 5.88. The minimum Gasteiger partial charge on any atom is -0.361 e. The van der Waals surface area contributed by atoms with Crippen LogP contribution in [0.2, 0.25) is 0 Å². The third-order valence-corrected chi connectivity index (χ3v) is 5.93. The summed E-state index contributed by atoms with van der Waals surface area (Å²) in [6.07, 6.45) is 5.39. The van der Waals surface area contributed by atoms with Crippen LogP contribution in [0.5, 0.6) is 0 Å². The summed E-state index contributed by atoms with van der Waals surface area (Å²) < 4.78 is 0. The maximum absolute atomic E-state index is 13.0. The van der Waals surface area contributed by atoms with Gasteiger partial charge in [0, 0.05) is 54.7 Å². The molecule has 0 spiro atoms. The summed E-state index contributed by atoms with van der Waals surface area (Å²) in [6, 6.07) is 12.8. The molecule has 1 N–H and O–H groups in total. The molecule has 1 atom stereocenters. The second-order valence-corrected chi connectivity index (χ2v) is 7.63. The number of benzene rings is 2. The number of aryl methyl sites for hydroxylation is 1. The third kappa shape index (κ3) is 3.75. The van der Waals surface area contributed by atoms with Crippen molar-refractivity contribution < 1.29 is 9.72 Å². The number of non-ortho nitro benzene ring substituents is 1. The number of carbonyl (C=O) groups excluding carboxylic acids is 1. The van der Waals surface area contributed by atoms with Crippen LogP contribution < -0.4 is 0 Å². The number of nitrogens with zero attached hydrogens (tertiary/aromatic N) is 2. The number of aromatic amines is 1. The Morgan fingerprint density at radius 3 is 2.55 bits per heavy atom. The zero-order valence-electron chi connectivity index (χ0n) is 16.6. The highest BCUT2D eigenvalue weighted by atomic mass is 16.6. The second kappa shape index (κ2) is 8.07. The Bertz CT molecular complexity index is 1030. The Morgan fingerprint density at radius 1 is 1.17 bits per heavy atom. The van der Waals surface area contributed by atoms with Crippen LogP contribution in [0.4, 0.5) is 5.69 Å². The summed E-state index contributed by atoms with van der Waals surface area (Å²) in [7, 11) is 0. The van der Waals surface area contributed by atoms with Gasteiger partial charge in [-0.25, -0.2) is 0 Å². The first-order valence-electron chi connectivity index (χ1n) is 10.2. The number of nitro groups is 1. The fourth-order valence-electron chi connectivity index (χ4n) is 4.33. The van der Waals surface area contributed by atoms with Crippen molar-refractivity contribution in [2.24, 2.45) is 0 Å². The Balaban J connectivity index is 1.75. The quantitative estimate of drug-likeness (QED) is 0.485. The van der Waals surface area contributed by atoms with Crippen LogP contribution in [0.15, 0.2) is 48.7 Å². The lowest BCUT2D eigenvalue weighted by Crippen LogP contribution is -2.29. The second-order valence-electron chi connectivity index (χ2n) is 7.63. The molecule has 0 saturated carbocycles. The van der Waals surface area contributed by atoms with E-state index in [0.717, 1.165) is 54.4 Å². The molecule has 150 valence electrons. The normalized spacial score (nSPS) is 15.0. The number of hydrogen-bond acceptors (Lipinski definition) is 3. The van der Waals surface area contributed by atoms with Gasteiger partial charge in [0.25, 0.3) is 5.69 Å². The standard InChI is InChI=1S/C23H25N3O3/c1-2-16-6-5-7-19-21(15-24-23(16)19)20(14-22(27)25-12-3-4-13-25)17-8-10-18(11-9-17)26(28)29/h5-11,15,20,24H,2-4,12-14H2,1H3/t20-/m0/s1. The van der Waals surface area contributed by atoms with E-state index in [2.05, 4.69) is 24.0 Å². The van der Waals surface area contributed by atoms with Gasteiger partial charge in [-0.05, 0) is 36.0 Å². The van der Waals surface area contributed by atoms with Crippen LogP contribution in [0.25, 0.3) is 10.9 Å². The van der Waals surface area contributed by atoms with Gasteiger partial charge in [-0.3, -0.25) is 14.9 Å². The van der Waals surface area contributed by atoms with Gasteiger partial charge in [0.2, 0.25) is 5.91 Å².